The molecule has 0 aliphatic carbocycles. The van der Waals surface area contributed by atoms with Crippen LogP contribution in [0, 0.1) is 11.8 Å². The summed E-state index contributed by atoms with van der Waals surface area (Å²) in [4.78, 5) is 45.1. The maximum Gasteiger partial charge on any atom is 0.312 e. The van der Waals surface area contributed by atoms with E-state index in [2.05, 4.69) is 23.5 Å². The first kappa shape index (κ1) is 28.0. The van der Waals surface area contributed by atoms with Crippen LogP contribution in [0.15, 0.2) is 49.6 Å². The van der Waals surface area contributed by atoms with Gasteiger partial charge in [-0.3, -0.25) is 14.4 Å². The molecule has 214 valence electrons. The van der Waals surface area contributed by atoms with Gasteiger partial charge < -0.3 is 24.4 Å². The number of likely N-dealkylation sites (tertiary alicyclic amines) is 1. The standard InChI is InChI=1S/C29H37N5O6/c1-4-7-18-39-27(38)23-22-25(36)33(16-10-17-35)24(29(22)14-13-28(23,6-3)40-29)26(37)32(15-5-2)19-34-21-12-9-8-11-20(21)30-31-34/h4-5,8-9,11-12,22-24,35H,1-2,6-7,10,13-19H2,3H3/t22-,23-,24?,28+,29?/m0/s1. The maximum atomic E-state index is 14.5. The molecule has 1 spiro atoms. The highest BCUT2D eigenvalue weighted by atomic mass is 16.6. The number of aliphatic hydroxyl groups excluding tert-OH is 1. The van der Waals surface area contributed by atoms with Gasteiger partial charge >= 0.3 is 5.97 Å². The van der Waals surface area contributed by atoms with Crippen molar-refractivity contribution in [3.8, 4) is 0 Å². The summed E-state index contributed by atoms with van der Waals surface area (Å²) in [6.07, 6.45) is 5.61. The minimum absolute atomic E-state index is 0.0938. The third-order valence-corrected chi connectivity index (χ3v) is 8.68. The summed E-state index contributed by atoms with van der Waals surface area (Å²) in [5, 5.41) is 18.0. The monoisotopic (exact) mass is 551 g/mol. The number of amides is 2. The highest BCUT2D eigenvalue weighted by molar-refractivity contribution is 5.98. The van der Waals surface area contributed by atoms with Crippen molar-refractivity contribution in [3.05, 3.63) is 49.6 Å². The Morgan fingerprint density at radius 2 is 2.08 bits per heavy atom. The zero-order chi connectivity index (χ0) is 28.5. The van der Waals surface area contributed by atoms with Gasteiger partial charge in [-0.2, -0.15) is 0 Å². The molecule has 3 aliphatic rings. The number of aromatic nitrogens is 3. The molecule has 40 heavy (non-hydrogen) atoms. The van der Waals surface area contributed by atoms with E-state index in [1.54, 1.807) is 21.7 Å². The predicted molar refractivity (Wildman–Crippen MR) is 145 cm³/mol. The zero-order valence-corrected chi connectivity index (χ0v) is 22.9. The van der Waals surface area contributed by atoms with E-state index in [4.69, 9.17) is 9.47 Å². The van der Waals surface area contributed by atoms with Gasteiger partial charge in [0, 0.05) is 19.7 Å². The van der Waals surface area contributed by atoms with E-state index in [0.717, 1.165) is 5.52 Å². The summed E-state index contributed by atoms with van der Waals surface area (Å²) in [7, 11) is 0. The molecule has 3 fully saturated rings. The van der Waals surface area contributed by atoms with Crippen LogP contribution in [0.25, 0.3) is 11.0 Å². The van der Waals surface area contributed by atoms with Crippen LogP contribution < -0.4 is 0 Å². The van der Waals surface area contributed by atoms with Crippen LogP contribution in [0.4, 0.5) is 0 Å². The van der Waals surface area contributed by atoms with Crippen LogP contribution in [0.1, 0.15) is 39.0 Å². The third-order valence-electron chi connectivity index (χ3n) is 8.68. The lowest BCUT2D eigenvalue weighted by molar-refractivity contribution is -0.162. The first-order chi connectivity index (χ1) is 19.4. The molecule has 1 aromatic heterocycles. The number of nitrogens with zero attached hydrogens (tertiary/aromatic N) is 5. The summed E-state index contributed by atoms with van der Waals surface area (Å²) >= 11 is 0. The van der Waals surface area contributed by atoms with E-state index in [-0.39, 0.29) is 44.8 Å². The summed E-state index contributed by atoms with van der Waals surface area (Å²) in [5.74, 6) is -2.76. The number of ether oxygens (including phenoxy) is 2. The van der Waals surface area contributed by atoms with Crippen molar-refractivity contribution in [2.75, 3.05) is 26.3 Å². The number of rotatable bonds is 13. The number of carbonyl (C=O) groups is 3. The lowest BCUT2D eigenvalue weighted by atomic mass is 9.65. The SMILES string of the molecule is C=CCCOC(=O)[C@@H]1[C@H]2C(=O)N(CCCO)C(C(=O)N(CC=C)Cn3nnc4ccccc43)C23CC[C@@]1(CC)O3. The first-order valence-electron chi connectivity index (χ1n) is 13.9. The second-order valence-electron chi connectivity index (χ2n) is 10.8. The van der Waals surface area contributed by atoms with Gasteiger partial charge in [-0.25, -0.2) is 4.68 Å². The number of fused-ring (bicyclic) bond motifs is 2. The molecule has 0 saturated carbocycles. The Morgan fingerprint density at radius 1 is 1.27 bits per heavy atom. The van der Waals surface area contributed by atoms with Gasteiger partial charge in [0.1, 0.15) is 29.7 Å². The molecule has 11 heteroatoms. The van der Waals surface area contributed by atoms with Gasteiger partial charge in [0.05, 0.1) is 23.6 Å². The van der Waals surface area contributed by atoms with Crippen molar-refractivity contribution >= 4 is 28.8 Å². The lowest BCUT2D eigenvalue weighted by Crippen LogP contribution is -2.56. The molecule has 2 bridgehead atoms. The molecule has 2 aromatic rings. The number of para-hydroxylation sites is 1. The molecule has 5 atom stereocenters. The minimum atomic E-state index is -1.17. The molecular formula is C29H37N5O6. The van der Waals surface area contributed by atoms with E-state index in [9.17, 15) is 19.5 Å². The zero-order valence-electron chi connectivity index (χ0n) is 22.9. The largest absolute Gasteiger partial charge is 0.465 e. The lowest BCUT2D eigenvalue weighted by Gasteiger charge is -2.36. The van der Waals surface area contributed by atoms with Crippen LogP contribution in [-0.4, -0.2) is 91.2 Å². The van der Waals surface area contributed by atoms with Crippen molar-refractivity contribution in [2.24, 2.45) is 11.8 Å². The number of carbonyl (C=O) groups excluding carboxylic acids is 3. The normalized spacial score (nSPS) is 28.6. The number of aliphatic hydroxyl groups is 1. The van der Waals surface area contributed by atoms with E-state index in [1.807, 2.05) is 31.2 Å². The quantitative estimate of drug-likeness (QED) is 0.228. The smallest absolute Gasteiger partial charge is 0.312 e. The van der Waals surface area contributed by atoms with E-state index in [0.29, 0.717) is 37.6 Å². The van der Waals surface area contributed by atoms with Crippen molar-refractivity contribution < 1.29 is 29.0 Å². The second kappa shape index (κ2) is 11.1. The van der Waals surface area contributed by atoms with Crippen LogP contribution in [0.3, 0.4) is 0 Å². The Labute approximate surface area is 233 Å². The molecule has 0 radical (unpaired) electrons. The second-order valence-corrected chi connectivity index (χ2v) is 10.8. The Balaban J connectivity index is 1.52. The fourth-order valence-electron chi connectivity index (χ4n) is 6.90. The number of benzene rings is 1. The van der Waals surface area contributed by atoms with Gasteiger partial charge in [0.25, 0.3) is 0 Å². The molecule has 1 N–H and O–H groups in total. The molecular weight excluding hydrogens is 514 g/mol. The third kappa shape index (κ3) is 4.32. The summed E-state index contributed by atoms with van der Waals surface area (Å²) in [5.41, 5.74) is -0.581. The molecule has 11 nitrogen and oxygen atoms in total. The first-order valence-corrected chi connectivity index (χ1v) is 13.9. The fourth-order valence-corrected chi connectivity index (χ4v) is 6.90. The maximum absolute atomic E-state index is 14.5. The minimum Gasteiger partial charge on any atom is -0.465 e. The van der Waals surface area contributed by atoms with Gasteiger partial charge in [-0.15, -0.1) is 18.3 Å². The predicted octanol–water partition coefficient (Wildman–Crippen LogP) is 2.06. The van der Waals surface area contributed by atoms with Crippen molar-refractivity contribution in [1.29, 1.82) is 0 Å². The van der Waals surface area contributed by atoms with Crippen molar-refractivity contribution in [1.82, 2.24) is 24.8 Å². The molecule has 5 rings (SSSR count). The van der Waals surface area contributed by atoms with Crippen LogP contribution in [0.2, 0.25) is 0 Å². The van der Waals surface area contributed by atoms with Crippen molar-refractivity contribution in [2.45, 2.75) is 62.9 Å². The molecule has 2 amide bonds. The molecule has 4 heterocycles. The Bertz CT molecular complexity index is 1310. The average molecular weight is 552 g/mol. The van der Waals surface area contributed by atoms with Crippen LogP contribution >= 0.6 is 0 Å². The molecule has 2 unspecified atom stereocenters. The summed E-state index contributed by atoms with van der Waals surface area (Å²) in [6.45, 7) is 9.94. The highest BCUT2D eigenvalue weighted by Crippen LogP contribution is 2.64. The van der Waals surface area contributed by atoms with E-state index < -0.39 is 35.0 Å². The number of esters is 1. The Morgan fingerprint density at radius 3 is 2.80 bits per heavy atom. The fraction of sp³-hybridized carbons (Fsp3) is 0.552. The highest BCUT2D eigenvalue weighted by Gasteiger charge is 2.79. The molecule has 3 aliphatic heterocycles. The van der Waals surface area contributed by atoms with Gasteiger partial charge in [-0.1, -0.05) is 36.4 Å². The number of hydrogen-bond acceptors (Lipinski definition) is 8. The van der Waals surface area contributed by atoms with E-state index in [1.165, 1.54) is 4.90 Å². The van der Waals surface area contributed by atoms with Gasteiger partial charge in [-0.05, 0) is 44.2 Å². The molecule has 3 saturated heterocycles. The summed E-state index contributed by atoms with van der Waals surface area (Å²) < 4.78 is 14.0. The Hall–Kier alpha value is -3.57. The van der Waals surface area contributed by atoms with Crippen molar-refractivity contribution in [3.63, 3.8) is 0 Å². The topological polar surface area (TPSA) is 127 Å². The van der Waals surface area contributed by atoms with Gasteiger partial charge in [0.2, 0.25) is 11.8 Å². The van der Waals surface area contributed by atoms with E-state index >= 15 is 0 Å². The number of hydrogen-bond donors (Lipinski definition) is 1. The van der Waals surface area contributed by atoms with Crippen LogP contribution in [-0.2, 0) is 30.5 Å². The average Bonchev–Trinajstić information content (AvgIpc) is 3.68. The van der Waals surface area contributed by atoms with Crippen LogP contribution in [0.5, 0.6) is 0 Å². The Kier molecular flexibility index (Phi) is 7.78. The molecule has 1 aromatic carbocycles. The summed E-state index contributed by atoms with van der Waals surface area (Å²) in [6, 6.07) is 6.50. The van der Waals surface area contributed by atoms with Gasteiger partial charge in [0.15, 0.2) is 0 Å².